The third-order valence-electron chi connectivity index (χ3n) is 3.00. The number of nitrogens with zero attached hydrogens (tertiary/aromatic N) is 2. The van der Waals surface area contributed by atoms with Crippen molar-refractivity contribution < 1.29 is 19.1 Å². The Morgan fingerprint density at radius 3 is 2.32 bits per heavy atom. The van der Waals surface area contributed by atoms with Gasteiger partial charge in [-0.05, 0) is 19.2 Å². The lowest BCUT2D eigenvalue weighted by molar-refractivity contribution is -0.130. The average Bonchev–Trinajstić information content (AvgIpc) is 2.47. The van der Waals surface area contributed by atoms with Crippen LogP contribution in [0.3, 0.4) is 0 Å². The highest BCUT2D eigenvalue weighted by Crippen LogP contribution is 2.28. The van der Waals surface area contributed by atoms with Gasteiger partial charge in [0.2, 0.25) is 11.8 Å². The maximum Gasteiger partial charge on any atom is 0.238 e. The molecule has 7 nitrogen and oxygen atoms in total. The molecule has 0 saturated carbocycles. The Labute approximate surface area is 130 Å². The van der Waals surface area contributed by atoms with Gasteiger partial charge in [0.15, 0.2) is 0 Å². The second-order valence-corrected chi connectivity index (χ2v) is 5.07. The van der Waals surface area contributed by atoms with Crippen LogP contribution in [-0.2, 0) is 9.59 Å². The molecule has 0 radical (unpaired) electrons. The molecular formula is C15H23N3O4. The molecule has 1 rings (SSSR count). The molecule has 22 heavy (non-hydrogen) atoms. The Balaban J connectivity index is 2.63. The zero-order valence-corrected chi connectivity index (χ0v) is 13.7. The monoisotopic (exact) mass is 309 g/mol. The number of hydrogen-bond donors (Lipinski definition) is 1. The third-order valence-corrected chi connectivity index (χ3v) is 3.00. The Kier molecular flexibility index (Phi) is 6.65. The highest BCUT2D eigenvalue weighted by Gasteiger charge is 2.14. The van der Waals surface area contributed by atoms with E-state index in [1.807, 2.05) is 0 Å². The maximum absolute atomic E-state index is 12.0. The van der Waals surface area contributed by atoms with Gasteiger partial charge in [0, 0.05) is 20.2 Å². The minimum Gasteiger partial charge on any atom is -0.497 e. The van der Waals surface area contributed by atoms with Crippen molar-refractivity contribution in [2.75, 3.05) is 53.8 Å². The summed E-state index contributed by atoms with van der Waals surface area (Å²) in [6.07, 6.45) is 0. The Morgan fingerprint density at radius 2 is 1.77 bits per heavy atom. The molecule has 0 aromatic heterocycles. The van der Waals surface area contributed by atoms with Gasteiger partial charge in [-0.1, -0.05) is 0 Å². The van der Waals surface area contributed by atoms with Gasteiger partial charge < -0.3 is 19.7 Å². The van der Waals surface area contributed by atoms with Crippen LogP contribution in [0.1, 0.15) is 0 Å². The van der Waals surface area contributed by atoms with Crippen molar-refractivity contribution >= 4 is 17.5 Å². The van der Waals surface area contributed by atoms with E-state index in [-0.39, 0.29) is 24.9 Å². The minimum atomic E-state index is -0.225. The van der Waals surface area contributed by atoms with E-state index in [2.05, 4.69) is 5.32 Å². The summed E-state index contributed by atoms with van der Waals surface area (Å²) in [4.78, 5) is 26.7. The molecule has 2 amide bonds. The zero-order chi connectivity index (χ0) is 16.7. The fourth-order valence-corrected chi connectivity index (χ4v) is 1.76. The number of anilines is 1. The van der Waals surface area contributed by atoms with Crippen LogP contribution in [0.15, 0.2) is 18.2 Å². The molecule has 0 unspecified atom stereocenters. The molecule has 0 bridgehead atoms. The molecule has 0 aliphatic heterocycles. The van der Waals surface area contributed by atoms with Gasteiger partial charge in [0.25, 0.3) is 0 Å². The first-order valence-corrected chi connectivity index (χ1v) is 6.78. The molecule has 122 valence electrons. The lowest BCUT2D eigenvalue weighted by atomic mass is 10.2. The molecule has 0 fully saturated rings. The molecule has 0 heterocycles. The highest BCUT2D eigenvalue weighted by molar-refractivity contribution is 5.94. The predicted octanol–water partition coefficient (Wildman–Crippen LogP) is 0.662. The number of rotatable bonds is 7. The maximum atomic E-state index is 12.0. The molecule has 0 spiro atoms. The van der Waals surface area contributed by atoms with E-state index in [1.165, 1.54) is 12.0 Å². The number of carbonyl (C=O) groups excluding carboxylic acids is 2. The van der Waals surface area contributed by atoms with Gasteiger partial charge in [0.1, 0.15) is 11.5 Å². The Hall–Kier alpha value is -2.28. The first-order chi connectivity index (χ1) is 10.4. The van der Waals surface area contributed by atoms with Crippen LogP contribution in [0.2, 0.25) is 0 Å². The molecule has 1 aromatic rings. The predicted molar refractivity (Wildman–Crippen MR) is 84.4 cm³/mol. The van der Waals surface area contributed by atoms with Crippen molar-refractivity contribution in [2.45, 2.75) is 0 Å². The number of nitrogens with one attached hydrogen (secondary N) is 1. The van der Waals surface area contributed by atoms with Gasteiger partial charge >= 0.3 is 0 Å². The minimum absolute atomic E-state index is 0.0580. The summed E-state index contributed by atoms with van der Waals surface area (Å²) in [5.41, 5.74) is 0.556. The summed E-state index contributed by atoms with van der Waals surface area (Å²) in [7, 11) is 8.15. The van der Waals surface area contributed by atoms with Gasteiger partial charge in [-0.3, -0.25) is 14.5 Å². The van der Waals surface area contributed by atoms with E-state index in [1.54, 1.807) is 51.4 Å². The smallest absolute Gasteiger partial charge is 0.238 e. The second-order valence-electron chi connectivity index (χ2n) is 5.07. The first kappa shape index (κ1) is 17.8. The molecule has 0 aliphatic carbocycles. The SMILES string of the molecule is COc1ccc(NC(=O)CN(C)CC(=O)N(C)C)c(OC)c1. The van der Waals surface area contributed by atoms with Crippen molar-refractivity contribution in [3.8, 4) is 11.5 Å². The van der Waals surface area contributed by atoms with Crippen molar-refractivity contribution in [1.29, 1.82) is 0 Å². The average molecular weight is 309 g/mol. The molecule has 1 N–H and O–H groups in total. The van der Waals surface area contributed by atoms with Crippen molar-refractivity contribution in [1.82, 2.24) is 9.80 Å². The summed E-state index contributed by atoms with van der Waals surface area (Å²) < 4.78 is 10.3. The van der Waals surface area contributed by atoms with Gasteiger partial charge in [0.05, 0.1) is 33.0 Å². The lowest BCUT2D eigenvalue weighted by Gasteiger charge is -2.19. The van der Waals surface area contributed by atoms with Crippen LogP contribution in [0, 0.1) is 0 Å². The fraction of sp³-hybridized carbons (Fsp3) is 0.467. The van der Waals surface area contributed by atoms with Crippen molar-refractivity contribution in [2.24, 2.45) is 0 Å². The third kappa shape index (κ3) is 5.25. The van der Waals surface area contributed by atoms with Crippen LogP contribution >= 0.6 is 0 Å². The number of hydrogen-bond acceptors (Lipinski definition) is 5. The fourth-order valence-electron chi connectivity index (χ4n) is 1.76. The highest BCUT2D eigenvalue weighted by atomic mass is 16.5. The quantitative estimate of drug-likeness (QED) is 0.801. The molecule has 1 aromatic carbocycles. The van der Waals surface area contributed by atoms with Gasteiger partial charge in [-0.2, -0.15) is 0 Å². The first-order valence-electron chi connectivity index (χ1n) is 6.78. The summed E-state index contributed by atoms with van der Waals surface area (Å²) in [5.74, 6) is 0.873. The topological polar surface area (TPSA) is 71.1 Å². The zero-order valence-electron chi connectivity index (χ0n) is 13.7. The molecule has 0 atom stereocenters. The normalized spacial score (nSPS) is 10.3. The van der Waals surface area contributed by atoms with Crippen LogP contribution in [0.5, 0.6) is 11.5 Å². The summed E-state index contributed by atoms with van der Waals surface area (Å²) in [6.45, 7) is 0.287. The standard InChI is InChI=1S/C15H23N3O4/c1-17(2)15(20)10-18(3)9-14(19)16-12-7-6-11(21-4)8-13(12)22-5/h6-8H,9-10H2,1-5H3,(H,16,19). The number of methoxy groups -OCH3 is 2. The number of likely N-dealkylation sites (N-methyl/N-ethyl adjacent to an activating group) is 2. The van der Waals surface area contributed by atoms with Crippen LogP contribution in [0.25, 0.3) is 0 Å². The van der Waals surface area contributed by atoms with Crippen molar-refractivity contribution in [3.63, 3.8) is 0 Å². The van der Waals surface area contributed by atoms with E-state index >= 15 is 0 Å². The number of ether oxygens (including phenoxy) is 2. The van der Waals surface area contributed by atoms with E-state index in [9.17, 15) is 9.59 Å². The molecular weight excluding hydrogens is 286 g/mol. The molecule has 0 saturated heterocycles. The Morgan fingerprint density at radius 1 is 1.09 bits per heavy atom. The summed E-state index contributed by atoms with van der Waals surface area (Å²) >= 11 is 0. The van der Waals surface area contributed by atoms with E-state index in [0.717, 1.165) is 0 Å². The summed E-state index contributed by atoms with van der Waals surface area (Å²) in [5, 5.41) is 2.76. The van der Waals surface area contributed by atoms with E-state index < -0.39 is 0 Å². The van der Waals surface area contributed by atoms with Gasteiger partial charge in [-0.25, -0.2) is 0 Å². The van der Waals surface area contributed by atoms with Crippen LogP contribution in [-0.4, -0.2) is 70.1 Å². The molecule has 7 heteroatoms. The number of amides is 2. The second kappa shape index (κ2) is 8.23. The largest absolute Gasteiger partial charge is 0.497 e. The van der Waals surface area contributed by atoms with Crippen molar-refractivity contribution in [3.05, 3.63) is 18.2 Å². The summed E-state index contributed by atoms with van der Waals surface area (Å²) in [6, 6.07) is 5.13. The number of carbonyl (C=O) groups is 2. The van der Waals surface area contributed by atoms with E-state index in [4.69, 9.17) is 9.47 Å². The molecule has 0 aliphatic rings. The number of benzene rings is 1. The van der Waals surface area contributed by atoms with E-state index in [0.29, 0.717) is 17.2 Å². The van der Waals surface area contributed by atoms with Crippen LogP contribution < -0.4 is 14.8 Å². The van der Waals surface area contributed by atoms with Gasteiger partial charge in [-0.15, -0.1) is 0 Å². The lowest BCUT2D eigenvalue weighted by Crippen LogP contribution is -2.38. The van der Waals surface area contributed by atoms with Crippen LogP contribution in [0.4, 0.5) is 5.69 Å². The Bertz CT molecular complexity index is 532.